The Balaban J connectivity index is 1.69. The number of aryl methyl sites for hydroxylation is 1. The molecule has 6 rings (SSSR count). The molecular weight excluding hydrogens is 428 g/mol. The normalized spacial score (nSPS) is 14.1. The fourth-order valence-corrected chi connectivity index (χ4v) is 4.59. The molecule has 0 radical (unpaired) electrons. The predicted molar refractivity (Wildman–Crippen MR) is 127 cm³/mol. The number of nitrogens with zero attached hydrogens (tertiary/aromatic N) is 4. The Morgan fingerprint density at radius 3 is 2.38 bits per heavy atom. The molecule has 0 atom stereocenters. The summed E-state index contributed by atoms with van der Waals surface area (Å²) in [6.45, 7) is 2.10. The van der Waals surface area contributed by atoms with Gasteiger partial charge in [0.1, 0.15) is 5.82 Å². The molecule has 5 aromatic rings. The number of hydrogen-bond acceptors (Lipinski definition) is 7. The van der Waals surface area contributed by atoms with Gasteiger partial charge in [-0.15, -0.1) is 0 Å². The second-order valence-electron chi connectivity index (χ2n) is 8.73. The maximum absolute atomic E-state index is 12.5. The van der Waals surface area contributed by atoms with Gasteiger partial charge in [-0.25, -0.2) is 4.98 Å². The SMILES string of the molecule is Cc1noc(CN)c1-c1cc(C(O)(c2ccccn2)c2ccccn2)c2nc(C3CC3)[nH]c2c1. The van der Waals surface area contributed by atoms with Gasteiger partial charge in [0.25, 0.3) is 0 Å². The molecular formula is C26H24N6O2. The number of hydrogen-bond donors (Lipinski definition) is 3. The first-order chi connectivity index (χ1) is 16.6. The Labute approximate surface area is 195 Å². The molecule has 4 N–H and O–H groups in total. The summed E-state index contributed by atoms with van der Waals surface area (Å²) in [7, 11) is 0. The maximum atomic E-state index is 12.5. The van der Waals surface area contributed by atoms with E-state index in [1.54, 1.807) is 24.5 Å². The van der Waals surface area contributed by atoms with Crippen LogP contribution >= 0.6 is 0 Å². The van der Waals surface area contributed by atoms with Crippen molar-refractivity contribution < 1.29 is 9.63 Å². The van der Waals surface area contributed by atoms with E-state index in [2.05, 4.69) is 20.1 Å². The van der Waals surface area contributed by atoms with Crippen LogP contribution in [0, 0.1) is 6.92 Å². The monoisotopic (exact) mass is 452 g/mol. The largest absolute Gasteiger partial charge is 0.373 e. The highest BCUT2D eigenvalue weighted by atomic mass is 16.5. The lowest BCUT2D eigenvalue weighted by molar-refractivity contribution is 0.117. The fourth-order valence-electron chi connectivity index (χ4n) is 4.59. The number of aromatic nitrogens is 5. The summed E-state index contributed by atoms with van der Waals surface area (Å²) in [6, 6.07) is 14.9. The van der Waals surface area contributed by atoms with Crippen LogP contribution in [0.4, 0.5) is 0 Å². The first-order valence-electron chi connectivity index (χ1n) is 11.3. The summed E-state index contributed by atoms with van der Waals surface area (Å²) in [6.07, 6.45) is 5.55. The molecule has 1 saturated carbocycles. The van der Waals surface area contributed by atoms with E-state index < -0.39 is 5.60 Å². The summed E-state index contributed by atoms with van der Waals surface area (Å²) in [4.78, 5) is 17.5. The van der Waals surface area contributed by atoms with Crippen LogP contribution in [0.5, 0.6) is 0 Å². The quantitative estimate of drug-likeness (QED) is 0.356. The lowest BCUT2D eigenvalue weighted by atomic mass is 9.83. The van der Waals surface area contributed by atoms with Crippen molar-refractivity contribution in [1.29, 1.82) is 0 Å². The molecule has 34 heavy (non-hydrogen) atoms. The molecule has 0 amide bonds. The van der Waals surface area contributed by atoms with Crippen molar-refractivity contribution >= 4 is 11.0 Å². The van der Waals surface area contributed by atoms with Crippen LogP contribution in [0.2, 0.25) is 0 Å². The molecule has 1 fully saturated rings. The van der Waals surface area contributed by atoms with E-state index in [9.17, 15) is 5.11 Å². The molecule has 0 saturated heterocycles. The average Bonchev–Trinajstić information content (AvgIpc) is 3.54. The molecule has 1 aromatic carbocycles. The minimum Gasteiger partial charge on any atom is -0.373 e. The van der Waals surface area contributed by atoms with Crippen LogP contribution in [-0.4, -0.2) is 30.2 Å². The molecule has 4 aromatic heterocycles. The van der Waals surface area contributed by atoms with Crippen molar-refractivity contribution in [2.75, 3.05) is 0 Å². The average molecular weight is 453 g/mol. The highest BCUT2D eigenvalue weighted by Gasteiger charge is 2.40. The van der Waals surface area contributed by atoms with Gasteiger partial charge in [0, 0.05) is 29.4 Å². The molecule has 0 bridgehead atoms. The van der Waals surface area contributed by atoms with Crippen LogP contribution < -0.4 is 5.73 Å². The molecule has 0 aliphatic heterocycles. The third-order valence-electron chi connectivity index (χ3n) is 6.44. The minimum atomic E-state index is -1.64. The van der Waals surface area contributed by atoms with Gasteiger partial charge in [-0.1, -0.05) is 17.3 Å². The number of imidazole rings is 1. The lowest BCUT2D eigenvalue weighted by Crippen LogP contribution is -2.31. The highest BCUT2D eigenvalue weighted by molar-refractivity contribution is 5.88. The van der Waals surface area contributed by atoms with Crippen molar-refractivity contribution in [2.45, 2.75) is 37.8 Å². The van der Waals surface area contributed by atoms with Gasteiger partial charge in [0.05, 0.1) is 34.7 Å². The number of fused-ring (bicyclic) bond motifs is 1. The van der Waals surface area contributed by atoms with Crippen molar-refractivity contribution in [2.24, 2.45) is 5.73 Å². The Hall–Kier alpha value is -3.88. The zero-order valence-electron chi connectivity index (χ0n) is 18.7. The number of H-pyrrole nitrogens is 1. The summed E-state index contributed by atoms with van der Waals surface area (Å²) in [5, 5.41) is 16.6. The fraction of sp³-hybridized carbons (Fsp3) is 0.231. The smallest absolute Gasteiger partial charge is 0.176 e. The van der Waals surface area contributed by atoms with Gasteiger partial charge in [-0.3, -0.25) is 9.97 Å². The summed E-state index contributed by atoms with van der Waals surface area (Å²) >= 11 is 0. The van der Waals surface area contributed by atoms with E-state index in [1.165, 1.54) is 0 Å². The number of nitrogens with one attached hydrogen (secondary N) is 1. The zero-order valence-corrected chi connectivity index (χ0v) is 18.7. The maximum Gasteiger partial charge on any atom is 0.176 e. The molecule has 0 unspecified atom stereocenters. The van der Waals surface area contributed by atoms with Crippen LogP contribution in [0.3, 0.4) is 0 Å². The second kappa shape index (κ2) is 7.86. The van der Waals surface area contributed by atoms with E-state index in [1.807, 2.05) is 43.3 Å². The van der Waals surface area contributed by atoms with Crippen LogP contribution in [0.1, 0.15) is 53.0 Å². The number of nitrogens with two attached hydrogens (primary N) is 1. The van der Waals surface area contributed by atoms with E-state index in [0.717, 1.165) is 41.0 Å². The predicted octanol–water partition coefficient (Wildman–Crippen LogP) is 3.94. The Kier molecular flexibility index (Phi) is 4.79. The molecule has 1 aliphatic carbocycles. The molecule has 4 heterocycles. The topological polar surface area (TPSA) is 127 Å². The van der Waals surface area contributed by atoms with Crippen molar-refractivity contribution in [3.63, 3.8) is 0 Å². The van der Waals surface area contributed by atoms with Crippen molar-refractivity contribution in [3.8, 4) is 11.1 Å². The first kappa shape index (κ1) is 20.7. The molecule has 0 spiro atoms. The number of benzene rings is 1. The summed E-state index contributed by atoms with van der Waals surface area (Å²) < 4.78 is 5.47. The first-order valence-corrected chi connectivity index (χ1v) is 11.3. The van der Waals surface area contributed by atoms with Gasteiger partial charge in [-0.2, -0.15) is 0 Å². The Morgan fingerprint density at radius 2 is 1.79 bits per heavy atom. The van der Waals surface area contributed by atoms with Gasteiger partial charge in [-0.05, 0) is 61.7 Å². The lowest BCUT2D eigenvalue weighted by Gasteiger charge is -2.28. The highest BCUT2D eigenvalue weighted by Crippen LogP contribution is 2.44. The Bertz CT molecular complexity index is 1430. The molecule has 8 nitrogen and oxygen atoms in total. The molecule has 8 heteroatoms. The zero-order chi connectivity index (χ0) is 23.3. The molecule has 170 valence electrons. The Morgan fingerprint density at radius 1 is 1.09 bits per heavy atom. The van der Waals surface area contributed by atoms with Crippen LogP contribution in [-0.2, 0) is 12.1 Å². The van der Waals surface area contributed by atoms with Crippen molar-refractivity contribution in [3.05, 3.63) is 95.2 Å². The van der Waals surface area contributed by atoms with E-state index >= 15 is 0 Å². The van der Waals surface area contributed by atoms with Gasteiger partial charge in [0.2, 0.25) is 0 Å². The van der Waals surface area contributed by atoms with E-state index in [0.29, 0.717) is 34.1 Å². The third kappa shape index (κ3) is 3.22. The number of pyridine rings is 2. The summed E-state index contributed by atoms with van der Waals surface area (Å²) in [5.74, 6) is 1.93. The van der Waals surface area contributed by atoms with E-state index in [-0.39, 0.29) is 6.54 Å². The van der Waals surface area contributed by atoms with Gasteiger partial charge < -0.3 is 20.3 Å². The number of rotatable bonds is 6. The standard InChI is InChI=1S/C26H24N6O2/c1-15-23(20(14-27)34-32-15)17-12-18(24-19(13-17)30-25(31-24)16-8-9-16)26(33,21-6-2-4-10-28-21)22-7-3-5-11-29-22/h2-7,10-13,16,33H,8-9,14,27H2,1H3,(H,30,31). The third-order valence-corrected chi connectivity index (χ3v) is 6.44. The summed E-state index contributed by atoms with van der Waals surface area (Å²) in [5.41, 5.74) is 9.71. The second-order valence-corrected chi connectivity index (χ2v) is 8.73. The van der Waals surface area contributed by atoms with Gasteiger partial charge >= 0.3 is 0 Å². The van der Waals surface area contributed by atoms with E-state index in [4.69, 9.17) is 15.2 Å². The van der Waals surface area contributed by atoms with Gasteiger partial charge in [0.15, 0.2) is 11.4 Å². The number of aromatic amines is 1. The number of aliphatic hydroxyl groups is 1. The molecule has 1 aliphatic rings. The van der Waals surface area contributed by atoms with Crippen molar-refractivity contribution in [1.82, 2.24) is 25.1 Å². The van der Waals surface area contributed by atoms with Crippen LogP contribution in [0.15, 0.2) is 65.4 Å². The minimum absolute atomic E-state index is 0.213. The van der Waals surface area contributed by atoms with Crippen LogP contribution in [0.25, 0.3) is 22.2 Å².